The maximum atomic E-state index is 3.48. The van der Waals surface area contributed by atoms with Crippen molar-refractivity contribution in [3.63, 3.8) is 0 Å². The summed E-state index contributed by atoms with van der Waals surface area (Å²) in [5.74, 6) is 0. The van der Waals surface area contributed by atoms with Crippen LogP contribution in [-0.2, 0) is 0 Å². The Kier molecular flexibility index (Phi) is 1.24. The largest absolute Gasteiger partial charge is 0.311 e. The third kappa shape index (κ3) is 0.775. The molecule has 2 nitrogen and oxygen atoms in total. The van der Waals surface area contributed by atoms with E-state index in [-0.39, 0.29) is 0 Å². The zero-order valence-corrected chi connectivity index (χ0v) is 5.93. The Bertz CT molecular complexity index is 113. The molecule has 2 saturated heterocycles. The first kappa shape index (κ1) is 5.69. The van der Waals surface area contributed by atoms with Crippen molar-refractivity contribution in [3.05, 3.63) is 0 Å². The zero-order chi connectivity index (χ0) is 6.27. The van der Waals surface area contributed by atoms with Crippen LogP contribution in [0, 0.1) is 0 Å². The van der Waals surface area contributed by atoms with Crippen LogP contribution in [0.15, 0.2) is 0 Å². The summed E-state index contributed by atoms with van der Waals surface area (Å²) in [6, 6.07) is 1.70. The molecule has 0 saturated carbocycles. The van der Waals surface area contributed by atoms with Gasteiger partial charge in [0, 0.05) is 25.2 Å². The molecule has 9 heavy (non-hydrogen) atoms. The second kappa shape index (κ2) is 1.96. The molecule has 0 aromatic rings. The summed E-state index contributed by atoms with van der Waals surface area (Å²) in [7, 11) is 0. The van der Waals surface area contributed by atoms with Crippen LogP contribution in [0.1, 0.15) is 13.3 Å². The summed E-state index contributed by atoms with van der Waals surface area (Å²) in [6.45, 7) is 6.02. The molecule has 0 amide bonds. The predicted octanol–water partition coefficient (Wildman–Crippen LogP) is 0.0524. The Balaban J connectivity index is 2.01. The van der Waals surface area contributed by atoms with Gasteiger partial charge in [-0.15, -0.1) is 0 Å². The lowest BCUT2D eigenvalue weighted by molar-refractivity contribution is 0.238. The molecule has 0 radical (unpaired) electrons. The Morgan fingerprint density at radius 2 is 2.56 bits per heavy atom. The molecular formula is C7H14N2. The molecule has 0 aromatic heterocycles. The van der Waals surface area contributed by atoms with Gasteiger partial charge in [0.15, 0.2) is 0 Å². The molecular weight excluding hydrogens is 112 g/mol. The lowest BCUT2D eigenvalue weighted by Crippen LogP contribution is -2.43. The first-order chi connectivity index (χ1) is 4.40. The minimum atomic E-state index is 0.829. The van der Waals surface area contributed by atoms with Crippen molar-refractivity contribution in [2.24, 2.45) is 0 Å². The van der Waals surface area contributed by atoms with Crippen molar-refractivity contribution in [2.75, 3.05) is 19.6 Å². The number of nitrogens with one attached hydrogen (secondary N) is 1. The summed E-state index contributed by atoms with van der Waals surface area (Å²) in [5.41, 5.74) is 0. The third-order valence-corrected chi connectivity index (χ3v) is 2.58. The minimum absolute atomic E-state index is 0.829. The molecule has 1 N–H and O–H groups in total. The molecule has 0 aliphatic carbocycles. The van der Waals surface area contributed by atoms with Crippen molar-refractivity contribution >= 4 is 0 Å². The fraction of sp³-hybridized carbons (Fsp3) is 1.00. The van der Waals surface area contributed by atoms with Gasteiger partial charge >= 0.3 is 0 Å². The van der Waals surface area contributed by atoms with Crippen molar-refractivity contribution in [3.8, 4) is 0 Å². The predicted molar refractivity (Wildman–Crippen MR) is 37.4 cm³/mol. The number of piperazine rings is 1. The number of rotatable bonds is 1. The van der Waals surface area contributed by atoms with E-state index in [0.29, 0.717) is 0 Å². The van der Waals surface area contributed by atoms with Gasteiger partial charge in [-0.25, -0.2) is 0 Å². The summed E-state index contributed by atoms with van der Waals surface area (Å²) in [4.78, 5) is 2.57. The van der Waals surface area contributed by atoms with E-state index in [1.807, 2.05) is 0 Å². The second-order valence-corrected chi connectivity index (χ2v) is 3.08. The van der Waals surface area contributed by atoms with E-state index >= 15 is 0 Å². The molecule has 2 bridgehead atoms. The van der Waals surface area contributed by atoms with Crippen LogP contribution in [0.3, 0.4) is 0 Å². The number of likely N-dealkylation sites (N-methyl/N-ethyl adjacent to an activating group) is 1. The molecule has 2 aliphatic heterocycles. The van der Waals surface area contributed by atoms with Gasteiger partial charge in [-0.1, -0.05) is 6.92 Å². The average Bonchev–Trinajstić information content (AvgIpc) is 2.45. The maximum Gasteiger partial charge on any atom is 0.0236 e. The van der Waals surface area contributed by atoms with Gasteiger partial charge in [-0.3, -0.25) is 4.90 Å². The summed E-state index contributed by atoms with van der Waals surface area (Å²) in [6.07, 6.45) is 1.40. The van der Waals surface area contributed by atoms with Gasteiger partial charge in [0.05, 0.1) is 0 Å². The molecule has 2 heterocycles. The highest BCUT2D eigenvalue weighted by atomic mass is 15.3. The van der Waals surface area contributed by atoms with Gasteiger partial charge in [0.1, 0.15) is 0 Å². The molecule has 0 aromatic carbocycles. The van der Waals surface area contributed by atoms with E-state index in [9.17, 15) is 0 Å². The first-order valence-corrected chi connectivity index (χ1v) is 3.87. The minimum Gasteiger partial charge on any atom is -0.311 e. The SMILES string of the molecule is CCN1C[C@@H]2C[C@H]1CN2. The Hall–Kier alpha value is -0.0800. The number of likely N-dealkylation sites (tertiary alicyclic amines) is 1. The zero-order valence-electron chi connectivity index (χ0n) is 5.93. The monoisotopic (exact) mass is 126 g/mol. The molecule has 2 atom stereocenters. The van der Waals surface area contributed by atoms with Gasteiger partial charge in [0.2, 0.25) is 0 Å². The van der Waals surface area contributed by atoms with Crippen molar-refractivity contribution < 1.29 is 0 Å². The fourth-order valence-electron chi connectivity index (χ4n) is 2.03. The van der Waals surface area contributed by atoms with Crippen LogP contribution >= 0.6 is 0 Å². The summed E-state index contributed by atoms with van der Waals surface area (Å²) < 4.78 is 0. The Labute approximate surface area is 56.2 Å². The number of hydrogen-bond acceptors (Lipinski definition) is 2. The quantitative estimate of drug-likeness (QED) is 0.534. The third-order valence-electron chi connectivity index (χ3n) is 2.58. The number of fused-ring (bicyclic) bond motifs is 2. The molecule has 2 fully saturated rings. The topological polar surface area (TPSA) is 15.3 Å². The molecule has 2 rings (SSSR count). The molecule has 2 heteroatoms. The van der Waals surface area contributed by atoms with E-state index in [1.165, 1.54) is 26.1 Å². The highest BCUT2D eigenvalue weighted by Gasteiger charge is 2.35. The van der Waals surface area contributed by atoms with Crippen molar-refractivity contribution in [1.82, 2.24) is 10.2 Å². The molecule has 2 aliphatic rings. The molecule has 52 valence electrons. The Morgan fingerprint density at radius 3 is 2.89 bits per heavy atom. The fourth-order valence-corrected chi connectivity index (χ4v) is 2.03. The first-order valence-electron chi connectivity index (χ1n) is 3.87. The number of nitrogens with zero attached hydrogens (tertiary/aromatic N) is 1. The van der Waals surface area contributed by atoms with Gasteiger partial charge in [-0.05, 0) is 13.0 Å². The van der Waals surface area contributed by atoms with Crippen LogP contribution < -0.4 is 5.32 Å². The smallest absolute Gasteiger partial charge is 0.0236 e. The van der Waals surface area contributed by atoms with Crippen molar-refractivity contribution in [2.45, 2.75) is 25.4 Å². The van der Waals surface area contributed by atoms with Gasteiger partial charge in [0.25, 0.3) is 0 Å². The van der Waals surface area contributed by atoms with Gasteiger partial charge in [-0.2, -0.15) is 0 Å². The van der Waals surface area contributed by atoms with Gasteiger partial charge < -0.3 is 5.32 Å². The average molecular weight is 126 g/mol. The van der Waals surface area contributed by atoms with Crippen LogP contribution in [-0.4, -0.2) is 36.6 Å². The van der Waals surface area contributed by atoms with E-state index in [2.05, 4.69) is 17.1 Å². The van der Waals surface area contributed by atoms with Crippen LogP contribution in [0.25, 0.3) is 0 Å². The van der Waals surface area contributed by atoms with Crippen LogP contribution in [0.2, 0.25) is 0 Å². The lowest BCUT2D eigenvalue weighted by atomic mass is 10.2. The van der Waals surface area contributed by atoms with Crippen molar-refractivity contribution in [1.29, 1.82) is 0 Å². The van der Waals surface area contributed by atoms with E-state index in [1.54, 1.807) is 0 Å². The van der Waals surface area contributed by atoms with E-state index < -0.39 is 0 Å². The highest BCUT2D eigenvalue weighted by molar-refractivity contribution is 4.96. The Morgan fingerprint density at radius 1 is 1.67 bits per heavy atom. The molecule has 0 spiro atoms. The van der Waals surface area contributed by atoms with E-state index in [4.69, 9.17) is 0 Å². The van der Waals surface area contributed by atoms with E-state index in [0.717, 1.165) is 12.1 Å². The maximum absolute atomic E-state index is 3.48. The van der Waals surface area contributed by atoms with Crippen LogP contribution in [0.4, 0.5) is 0 Å². The summed E-state index contributed by atoms with van der Waals surface area (Å²) in [5, 5.41) is 3.48. The normalized spacial score (nSPS) is 42.3. The number of hydrogen-bond donors (Lipinski definition) is 1. The van der Waals surface area contributed by atoms with Crippen LogP contribution in [0.5, 0.6) is 0 Å². The lowest BCUT2D eigenvalue weighted by Gasteiger charge is -2.25. The summed E-state index contributed by atoms with van der Waals surface area (Å²) >= 11 is 0. The second-order valence-electron chi connectivity index (χ2n) is 3.08. The highest BCUT2D eigenvalue weighted by Crippen LogP contribution is 2.21. The standard InChI is InChI=1S/C7H14N2/c1-2-9-5-6-3-7(9)4-8-6/h6-8H,2-5H2,1H3/t6-,7-/m0/s1. The molecule has 0 unspecified atom stereocenters.